The molecule has 0 aliphatic rings. The Morgan fingerprint density at radius 1 is 1.06 bits per heavy atom. The fourth-order valence-corrected chi connectivity index (χ4v) is 3.39. The van der Waals surface area contributed by atoms with Crippen LogP contribution in [0.2, 0.25) is 5.02 Å². The van der Waals surface area contributed by atoms with E-state index in [2.05, 4.69) is 5.32 Å². The Balaban J connectivity index is 2.17. The van der Waals surface area contributed by atoms with E-state index in [1.54, 1.807) is 68.4 Å². The Hall–Kier alpha value is -2.77. The van der Waals surface area contributed by atoms with Crippen LogP contribution < -0.4 is 5.32 Å². The van der Waals surface area contributed by atoms with E-state index in [1.165, 1.54) is 0 Å². The van der Waals surface area contributed by atoms with Crippen molar-refractivity contribution in [3.8, 4) is 11.1 Å². The third-order valence-corrected chi connectivity index (χ3v) is 5.35. The van der Waals surface area contributed by atoms with Gasteiger partial charge in [0.05, 0.1) is 0 Å². The summed E-state index contributed by atoms with van der Waals surface area (Å²) in [6.07, 6.45) is -4.67. The van der Waals surface area contributed by atoms with Gasteiger partial charge in [-0.1, -0.05) is 67.9 Å². The lowest BCUT2D eigenvalue weighted by Crippen LogP contribution is -2.37. The summed E-state index contributed by atoms with van der Waals surface area (Å²) in [6.45, 7) is 3.28. The number of halogens is 4. The van der Waals surface area contributed by atoms with E-state index >= 15 is 0 Å². The van der Waals surface area contributed by atoms with E-state index < -0.39 is 23.2 Å². The molecule has 0 bridgehead atoms. The predicted octanol–water partition coefficient (Wildman–Crippen LogP) is 5.62. The Morgan fingerprint density at radius 2 is 1.69 bits per heavy atom. The molecular formula is C24H24ClF3N2O2. The Kier molecular flexibility index (Phi) is 7.00. The zero-order chi connectivity index (χ0) is 23.5. The fraction of sp³-hybridized carbons (Fsp3) is 0.292. The van der Waals surface area contributed by atoms with Crippen molar-refractivity contribution < 1.29 is 23.1 Å². The highest BCUT2D eigenvalue weighted by Crippen LogP contribution is 2.37. The fourth-order valence-electron chi connectivity index (χ4n) is 3.27. The van der Waals surface area contributed by atoms with E-state index in [1.807, 2.05) is 0 Å². The van der Waals surface area contributed by atoms with Crippen LogP contribution in [-0.4, -0.2) is 28.7 Å². The summed E-state index contributed by atoms with van der Waals surface area (Å²) >= 11 is 5.95. The van der Waals surface area contributed by atoms with Gasteiger partial charge in [-0.25, -0.2) is 0 Å². The molecule has 2 N–H and O–H groups in total. The van der Waals surface area contributed by atoms with E-state index in [0.717, 1.165) is 10.6 Å². The summed E-state index contributed by atoms with van der Waals surface area (Å²) in [4.78, 5) is 13.2. The van der Waals surface area contributed by atoms with Crippen LogP contribution in [0.4, 0.5) is 13.2 Å². The van der Waals surface area contributed by atoms with Gasteiger partial charge < -0.3 is 15.0 Å². The average molecular weight is 465 g/mol. The van der Waals surface area contributed by atoms with Crippen molar-refractivity contribution in [1.29, 1.82) is 0 Å². The molecule has 1 amide bonds. The van der Waals surface area contributed by atoms with Gasteiger partial charge in [-0.2, -0.15) is 13.2 Å². The van der Waals surface area contributed by atoms with Crippen LogP contribution in [0.3, 0.4) is 0 Å². The monoisotopic (exact) mass is 464 g/mol. The number of hydrogen-bond acceptors (Lipinski definition) is 2. The zero-order valence-electron chi connectivity index (χ0n) is 17.7. The van der Waals surface area contributed by atoms with Gasteiger partial charge in [0.1, 0.15) is 11.4 Å². The smallest absolute Gasteiger partial charge is 0.396 e. The summed E-state index contributed by atoms with van der Waals surface area (Å²) < 4.78 is 43.0. The first-order valence-corrected chi connectivity index (χ1v) is 10.4. The SMILES string of the molecule is CC(C)(CO)CNC(=O)c1c(-c2ccc(Cl)cc2)cc(C(F)(F)F)n1Cc1ccccc1. The molecule has 0 aliphatic heterocycles. The number of carbonyl (C=O) groups excluding carboxylic acids is 1. The topological polar surface area (TPSA) is 54.3 Å². The third kappa shape index (κ3) is 5.53. The first kappa shape index (κ1) is 23.9. The third-order valence-electron chi connectivity index (χ3n) is 5.10. The summed E-state index contributed by atoms with van der Waals surface area (Å²) in [5.74, 6) is -0.650. The number of aliphatic hydroxyl groups is 1. The summed E-state index contributed by atoms with van der Waals surface area (Å²) in [6, 6.07) is 15.9. The molecule has 0 fully saturated rings. The molecule has 32 heavy (non-hydrogen) atoms. The van der Waals surface area contributed by atoms with Gasteiger partial charge in [0.2, 0.25) is 0 Å². The Bertz CT molecular complexity index is 1080. The summed E-state index contributed by atoms with van der Waals surface area (Å²) in [5, 5.41) is 12.6. The Labute approximate surface area is 189 Å². The van der Waals surface area contributed by atoms with Crippen LogP contribution in [0.25, 0.3) is 11.1 Å². The van der Waals surface area contributed by atoms with Crippen LogP contribution in [0.5, 0.6) is 0 Å². The molecule has 8 heteroatoms. The van der Waals surface area contributed by atoms with Crippen molar-refractivity contribution in [2.75, 3.05) is 13.2 Å². The highest BCUT2D eigenvalue weighted by molar-refractivity contribution is 6.30. The molecular weight excluding hydrogens is 441 g/mol. The minimum atomic E-state index is -4.67. The van der Waals surface area contributed by atoms with Gasteiger partial charge in [0.25, 0.3) is 5.91 Å². The minimum Gasteiger partial charge on any atom is -0.396 e. The molecule has 0 saturated carbocycles. The maximum atomic E-state index is 14.0. The predicted molar refractivity (Wildman–Crippen MR) is 119 cm³/mol. The van der Waals surface area contributed by atoms with E-state index in [-0.39, 0.29) is 31.0 Å². The lowest BCUT2D eigenvalue weighted by atomic mass is 9.95. The zero-order valence-corrected chi connectivity index (χ0v) is 18.5. The highest BCUT2D eigenvalue weighted by Gasteiger charge is 2.38. The minimum absolute atomic E-state index is 0.0975. The quantitative estimate of drug-likeness (QED) is 0.476. The van der Waals surface area contributed by atoms with Crippen molar-refractivity contribution >= 4 is 17.5 Å². The van der Waals surface area contributed by atoms with E-state index in [4.69, 9.17) is 11.6 Å². The van der Waals surface area contributed by atoms with Gasteiger partial charge in [-0.15, -0.1) is 0 Å². The average Bonchev–Trinajstić information content (AvgIpc) is 3.13. The van der Waals surface area contributed by atoms with Crippen LogP contribution in [0.15, 0.2) is 60.7 Å². The highest BCUT2D eigenvalue weighted by atomic mass is 35.5. The number of nitrogens with one attached hydrogen (secondary N) is 1. The molecule has 0 atom stereocenters. The van der Waals surface area contributed by atoms with E-state index in [0.29, 0.717) is 16.1 Å². The summed E-state index contributed by atoms with van der Waals surface area (Å²) in [5.41, 5.74) is -0.418. The number of benzene rings is 2. The number of aromatic nitrogens is 1. The molecule has 0 radical (unpaired) electrons. The maximum Gasteiger partial charge on any atom is 0.431 e. The molecule has 3 aromatic rings. The molecule has 170 valence electrons. The number of hydrogen-bond donors (Lipinski definition) is 2. The first-order chi connectivity index (χ1) is 15.0. The van der Waals surface area contributed by atoms with Gasteiger partial charge >= 0.3 is 6.18 Å². The van der Waals surface area contributed by atoms with Crippen molar-refractivity contribution in [2.45, 2.75) is 26.6 Å². The van der Waals surface area contributed by atoms with Crippen molar-refractivity contribution in [1.82, 2.24) is 9.88 Å². The largest absolute Gasteiger partial charge is 0.431 e. The normalized spacial score (nSPS) is 12.1. The molecule has 2 aromatic carbocycles. The molecule has 0 saturated heterocycles. The number of carbonyl (C=O) groups is 1. The number of amides is 1. The second-order valence-corrected chi connectivity index (χ2v) is 8.81. The van der Waals surface area contributed by atoms with Crippen LogP contribution in [0.1, 0.15) is 35.6 Å². The van der Waals surface area contributed by atoms with Crippen LogP contribution in [-0.2, 0) is 12.7 Å². The molecule has 0 spiro atoms. The Morgan fingerprint density at radius 3 is 2.25 bits per heavy atom. The van der Waals surface area contributed by atoms with Crippen molar-refractivity contribution in [2.24, 2.45) is 5.41 Å². The first-order valence-electron chi connectivity index (χ1n) is 10.0. The summed E-state index contributed by atoms with van der Waals surface area (Å²) in [7, 11) is 0. The van der Waals surface area contributed by atoms with Gasteiger partial charge in [0.15, 0.2) is 0 Å². The second-order valence-electron chi connectivity index (χ2n) is 8.37. The van der Waals surface area contributed by atoms with Crippen LogP contribution in [0, 0.1) is 5.41 Å². The van der Waals surface area contributed by atoms with Gasteiger partial charge in [-0.3, -0.25) is 4.79 Å². The molecule has 1 aromatic heterocycles. The molecule has 4 nitrogen and oxygen atoms in total. The van der Waals surface area contributed by atoms with Crippen LogP contribution >= 0.6 is 11.6 Å². The number of alkyl halides is 3. The number of aliphatic hydroxyl groups excluding tert-OH is 1. The molecule has 0 aliphatic carbocycles. The molecule has 1 heterocycles. The second kappa shape index (κ2) is 9.38. The van der Waals surface area contributed by atoms with Crippen molar-refractivity contribution in [3.63, 3.8) is 0 Å². The lowest BCUT2D eigenvalue weighted by molar-refractivity contribution is -0.143. The molecule has 0 unspecified atom stereocenters. The van der Waals surface area contributed by atoms with Gasteiger partial charge in [-0.05, 0) is 29.3 Å². The molecule has 3 rings (SSSR count). The number of nitrogens with zero attached hydrogens (tertiary/aromatic N) is 1. The van der Waals surface area contributed by atoms with E-state index in [9.17, 15) is 23.1 Å². The van der Waals surface area contributed by atoms with Crippen molar-refractivity contribution in [3.05, 3.63) is 82.6 Å². The standard InChI is InChI=1S/C24H24ClF3N2O2/c1-23(2,15-31)14-29-22(32)21-19(17-8-10-18(25)11-9-17)12-20(24(26,27)28)30(21)13-16-6-4-3-5-7-16/h3-12,31H,13-15H2,1-2H3,(H,29,32). The van der Waals surface area contributed by atoms with Gasteiger partial charge in [0, 0.05) is 35.7 Å². The maximum absolute atomic E-state index is 14.0. The lowest BCUT2D eigenvalue weighted by Gasteiger charge is -2.23. The number of rotatable bonds is 7.